The average Bonchev–Trinajstić information content (AvgIpc) is 2.83. The number of amides is 2. The van der Waals surface area contributed by atoms with Gasteiger partial charge in [0.2, 0.25) is 5.91 Å². The van der Waals surface area contributed by atoms with Gasteiger partial charge in [0.05, 0.1) is 17.2 Å². The number of nitrogens with one attached hydrogen (secondary N) is 1. The molecule has 0 spiro atoms. The molecule has 2 heterocycles. The smallest absolute Gasteiger partial charge is 0.410 e. The van der Waals surface area contributed by atoms with Crippen molar-refractivity contribution in [2.75, 3.05) is 36.4 Å². The van der Waals surface area contributed by atoms with E-state index < -0.39 is 11.0 Å². The van der Waals surface area contributed by atoms with Gasteiger partial charge in [-0.05, 0) is 57.2 Å². The molecule has 3 aromatic rings. The molecule has 1 N–H and O–H groups in total. The van der Waals surface area contributed by atoms with Gasteiger partial charge in [-0.15, -0.1) is 0 Å². The first-order chi connectivity index (χ1) is 17.4. The van der Waals surface area contributed by atoms with Gasteiger partial charge in [0.25, 0.3) is 0 Å². The summed E-state index contributed by atoms with van der Waals surface area (Å²) in [4.78, 5) is 37.7. The second-order valence-corrected chi connectivity index (χ2v) is 11.2. The first kappa shape index (κ1) is 26.2. The molecule has 9 nitrogen and oxygen atoms in total. The maximum atomic E-state index is 12.3. The standard InChI is InChI=1S/C28H35N5O4/c1-27(2,3)25(34)30-19-7-9-20(10-8-19)36-21-11-12-22-23(17-21)31-24(18-29-22)32-13-15-33(16-14-32)26(35)37-28(4,5)6/h7-12,17-18H,13-16H2,1-6H3,(H,30,34). The molecule has 0 bridgehead atoms. The summed E-state index contributed by atoms with van der Waals surface area (Å²) < 4.78 is 11.5. The lowest BCUT2D eigenvalue weighted by molar-refractivity contribution is -0.123. The van der Waals surface area contributed by atoms with Crippen LogP contribution in [0.4, 0.5) is 16.3 Å². The van der Waals surface area contributed by atoms with Crippen LogP contribution in [0.3, 0.4) is 0 Å². The Labute approximate surface area is 217 Å². The highest BCUT2D eigenvalue weighted by atomic mass is 16.6. The highest BCUT2D eigenvalue weighted by Crippen LogP contribution is 2.27. The van der Waals surface area contributed by atoms with Crippen LogP contribution in [0, 0.1) is 5.41 Å². The number of ether oxygens (including phenoxy) is 2. The molecule has 2 aromatic carbocycles. The van der Waals surface area contributed by atoms with Gasteiger partial charge in [-0.3, -0.25) is 9.78 Å². The van der Waals surface area contributed by atoms with Crippen molar-refractivity contribution >= 4 is 34.5 Å². The molecule has 1 fully saturated rings. The summed E-state index contributed by atoms with van der Waals surface area (Å²) in [7, 11) is 0. The molecule has 37 heavy (non-hydrogen) atoms. The predicted molar refractivity (Wildman–Crippen MR) is 144 cm³/mol. The molecule has 0 saturated carbocycles. The molecule has 0 unspecified atom stereocenters. The van der Waals surface area contributed by atoms with Gasteiger partial charge in [0, 0.05) is 43.3 Å². The number of hydrogen-bond acceptors (Lipinski definition) is 7. The van der Waals surface area contributed by atoms with Gasteiger partial charge in [-0.25, -0.2) is 9.78 Å². The van der Waals surface area contributed by atoms with Crippen molar-refractivity contribution in [2.24, 2.45) is 5.41 Å². The Balaban J connectivity index is 1.40. The number of hydrogen-bond donors (Lipinski definition) is 1. The van der Waals surface area contributed by atoms with Crippen LogP contribution >= 0.6 is 0 Å². The zero-order chi connectivity index (χ0) is 26.8. The molecule has 4 rings (SSSR count). The Morgan fingerprint density at radius 3 is 2.14 bits per heavy atom. The minimum absolute atomic E-state index is 0.0451. The third kappa shape index (κ3) is 6.87. The van der Waals surface area contributed by atoms with Crippen LogP contribution in [0.5, 0.6) is 11.5 Å². The van der Waals surface area contributed by atoms with E-state index in [0.29, 0.717) is 43.4 Å². The summed E-state index contributed by atoms with van der Waals surface area (Å²) in [5, 5.41) is 2.91. The Bertz CT molecular complexity index is 1270. The SMILES string of the molecule is CC(C)(C)OC(=O)N1CCN(c2cnc3ccc(Oc4ccc(NC(=O)C(C)(C)C)cc4)cc3n2)CC1. The molecule has 2 amide bonds. The quantitative estimate of drug-likeness (QED) is 0.503. The number of aromatic nitrogens is 2. The van der Waals surface area contributed by atoms with E-state index in [9.17, 15) is 9.59 Å². The molecule has 0 atom stereocenters. The van der Waals surface area contributed by atoms with E-state index >= 15 is 0 Å². The van der Waals surface area contributed by atoms with Gasteiger partial charge >= 0.3 is 6.09 Å². The lowest BCUT2D eigenvalue weighted by Crippen LogP contribution is -2.50. The molecule has 0 aliphatic carbocycles. The van der Waals surface area contributed by atoms with Crippen LogP contribution in [0.25, 0.3) is 11.0 Å². The van der Waals surface area contributed by atoms with E-state index in [2.05, 4.69) is 15.2 Å². The molecule has 9 heteroatoms. The highest BCUT2D eigenvalue weighted by molar-refractivity contribution is 5.94. The Kier molecular flexibility index (Phi) is 7.25. The monoisotopic (exact) mass is 505 g/mol. The Morgan fingerprint density at radius 1 is 0.865 bits per heavy atom. The van der Waals surface area contributed by atoms with E-state index in [1.54, 1.807) is 11.1 Å². The topological polar surface area (TPSA) is 96.9 Å². The van der Waals surface area contributed by atoms with Crippen LogP contribution in [0.15, 0.2) is 48.7 Å². The van der Waals surface area contributed by atoms with Gasteiger partial charge < -0.3 is 24.6 Å². The fraction of sp³-hybridized carbons (Fsp3) is 0.429. The number of benzene rings is 2. The summed E-state index contributed by atoms with van der Waals surface area (Å²) >= 11 is 0. The number of anilines is 2. The van der Waals surface area contributed by atoms with Gasteiger partial charge in [-0.2, -0.15) is 0 Å². The van der Waals surface area contributed by atoms with Crippen molar-refractivity contribution in [3.8, 4) is 11.5 Å². The lowest BCUT2D eigenvalue weighted by atomic mass is 9.95. The molecule has 196 valence electrons. The zero-order valence-corrected chi connectivity index (χ0v) is 22.4. The number of carbonyl (C=O) groups excluding carboxylic acids is 2. The van der Waals surface area contributed by atoms with Crippen molar-refractivity contribution in [3.63, 3.8) is 0 Å². The minimum atomic E-state index is -0.512. The zero-order valence-electron chi connectivity index (χ0n) is 22.4. The molecular formula is C28H35N5O4. The van der Waals surface area contributed by atoms with E-state index in [-0.39, 0.29) is 12.0 Å². The van der Waals surface area contributed by atoms with Crippen molar-refractivity contribution in [2.45, 2.75) is 47.1 Å². The second-order valence-electron chi connectivity index (χ2n) is 11.2. The molecule has 1 aromatic heterocycles. The Morgan fingerprint density at radius 2 is 1.51 bits per heavy atom. The summed E-state index contributed by atoms with van der Waals surface area (Å²) in [5.74, 6) is 2.00. The van der Waals surface area contributed by atoms with Crippen LogP contribution in [-0.4, -0.2) is 58.6 Å². The van der Waals surface area contributed by atoms with Crippen molar-refractivity contribution in [1.82, 2.24) is 14.9 Å². The maximum absolute atomic E-state index is 12.3. The van der Waals surface area contributed by atoms with Gasteiger partial charge in [0.1, 0.15) is 22.9 Å². The molecule has 1 aliphatic rings. The van der Waals surface area contributed by atoms with E-state index in [1.807, 2.05) is 84.0 Å². The molecular weight excluding hydrogens is 470 g/mol. The minimum Gasteiger partial charge on any atom is -0.457 e. The third-order valence-corrected chi connectivity index (χ3v) is 5.79. The van der Waals surface area contributed by atoms with Gasteiger partial charge in [0.15, 0.2) is 0 Å². The summed E-state index contributed by atoms with van der Waals surface area (Å²) in [5.41, 5.74) is 1.23. The predicted octanol–water partition coefficient (Wildman–Crippen LogP) is 5.46. The molecule has 1 aliphatic heterocycles. The van der Waals surface area contributed by atoms with E-state index in [0.717, 1.165) is 16.9 Å². The first-order valence-electron chi connectivity index (χ1n) is 12.5. The number of nitrogens with zero attached hydrogens (tertiary/aromatic N) is 4. The maximum Gasteiger partial charge on any atom is 0.410 e. The van der Waals surface area contributed by atoms with Crippen molar-refractivity contribution in [3.05, 3.63) is 48.7 Å². The Hall–Kier alpha value is -3.88. The number of fused-ring (bicyclic) bond motifs is 1. The normalized spacial score (nSPS) is 14.4. The number of rotatable bonds is 4. The number of piperazine rings is 1. The second kappa shape index (κ2) is 10.2. The van der Waals surface area contributed by atoms with Crippen molar-refractivity contribution < 1.29 is 19.1 Å². The molecule has 1 saturated heterocycles. The third-order valence-electron chi connectivity index (χ3n) is 5.79. The van der Waals surface area contributed by atoms with Crippen molar-refractivity contribution in [1.29, 1.82) is 0 Å². The van der Waals surface area contributed by atoms with E-state index in [4.69, 9.17) is 14.5 Å². The lowest BCUT2D eigenvalue weighted by Gasteiger charge is -2.36. The van der Waals surface area contributed by atoms with Crippen LogP contribution < -0.4 is 15.0 Å². The average molecular weight is 506 g/mol. The first-order valence-corrected chi connectivity index (χ1v) is 12.5. The summed E-state index contributed by atoms with van der Waals surface area (Å²) in [6.07, 6.45) is 1.47. The fourth-order valence-electron chi connectivity index (χ4n) is 3.70. The highest BCUT2D eigenvalue weighted by Gasteiger charge is 2.26. The van der Waals surface area contributed by atoms with Gasteiger partial charge in [-0.1, -0.05) is 20.8 Å². The largest absolute Gasteiger partial charge is 0.457 e. The van der Waals surface area contributed by atoms with Crippen LogP contribution in [0.1, 0.15) is 41.5 Å². The van der Waals surface area contributed by atoms with E-state index in [1.165, 1.54) is 0 Å². The summed E-state index contributed by atoms with van der Waals surface area (Å²) in [6, 6.07) is 12.8. The number of carbonyl (C=O) groups is 2. The summed E-state index contributed by atoms with van der Waals surface area (Å²) in [6.45, 7) is 13.6. The molecule has 0 radical (unpaired) electrons. The van der Waals surface area contributed by atoms with Crippen LogP contribution in [-0.2, 0) is 9.53 Å². The fourth-order valence-corrected chi connectivity index (χ4v) is 3.70. The van der Waals surface area contributed by atoms with Crippen LogP contribution in [0.2, 0.25) is 0 Å².